The first-order valence-corrected chi connectivity index (χ1v) is 5.44. The molecule has 1 N–H and O–H groups in total. The molecule has 0 aliphatic heterocycles. The smallest absolute Gasteiger partial charge is 0.207 e. The minimum Gasteiger partial charge on any atom is -0.353 e. The molecule has 3 nitrogen and oxygen atoms in total. The van der Waals surface area contributed by atoms with Gasteiger partial charge in [-0.25, -0.2) is 18.2 Å². The van der Waals surface area contributed by atoms with E-state index >= 15 is 0 Å². The van der Waals surface area contributed by atoms with Crippen LogP contribution in [0.3, 0.4) is 0 Å². The molecule has 0 saturated heterocycles. The van der Waals surface area contributed by atoms with Gasteiger partial charge in [0.1, 0.15) is 5.82 Å². The molecule has 96 valence electrons. The van der Waals surface area contributed by atoms with Crippen LogP contribution in [0.4, 0.5) is 19.1 Å². The summed E-state index contributed by atoms with van der Waals surface area (Å²) in [5.74, 6) is -2.85. The first-order valence-electron chi connectivity index (χ1n) is 5.44. The first kappa shape index (κ1) is 12.5. The molecule has 1 aromatic carbocycles. The number of rotatable bonds is 3. The Hall–Kier alpha value is -1.98. The highest BCUT2D eigenvalue weighted by atomic mass is 19.2. The van der Waals surface area contributed by atoms with Crippen LogP contribution in [-0.2, 0) is 0 Å². The molecule has 0 aliphatic carbocycles. The first-order chi connectivity index (χ1) is 8.49. The molecule has 0 aliphatic rings. The van der Waals surface area contributed by atoms with Gasteiger partial charge in [0.15, 0.2) is 11.6 Å². The van der Waals surface area contributed by atoms with Gasteiger partial charge in [0.25, 0.3) is 0 Å². The second-order valence-electron chi connectivity index (χ2n) is 4.14. The van der Waals surface area contributed by atoms with E-state index in [1.165, 1.54) is 17.0 Å². The van der Waals surface area contributed by atoms with Crippen LogP contribution in [0.15, 0.2) is 24.5 Å². The van der Waals surface area contributed by atoms with Crippen molar-refractivity contribution in [2.24, 2.45) is 0 Å². The molecule has 18 heavy (non-hydrogen) atoms. The zero-order chi connectivity index (χ0) is 13.3. The van der Waals surface area contributed by atoms with E-state index in [2.05, 4.69) is 10.3 Å². The lowest BCUT2D eigenvalue weighted by atomic mass is 10.2. The number of anilines is 1. The molecule has 0 fully saturated rings. The Morgan fingerprint density at radius 2 is 1.94 bits per heavy atom. The van der Waals surface area contributed by atoms with E-state index in [-0.39, 0.29) is 11.7 Å². The zero-order valence-electron chi connectivity index (χ0n) is 9.92. The van der Waals surface area contributed by atoms with E-state index < -0.39 is 17.5 Å². The molecule has 0 saturated carbocycles. The second kappa shape index (κ2) is 4.72. The van der Waals surface area contributed by atoms with Crippen molar-refractivity contribution in [1.82, 2.24) is 9.55 Å². The summed E-state index contributed by atoms with van der Waals surface area (Å²) in [4.78, 5) is 3.97. The molecule has 0 unspecified atom stereocenters. The summed E-state index contributed by atoms with van der Waals surface area (Å²) in [5.41, 5.74) is -0.215. The van der Waals surface area contributed by atoms with Gasteiger partial charge >= 0.3 is 0 Å². The number of hydrogen-bond acceptors (Lipinski definition) is 2. The van der Waals surface area contributed by atoms with Crippen LogP contribution in [0.2, 0.25) is 0 Å². The Balaban J connectivity index is 2.52. The van der Waals surface area contributed by atoms with Crippen molar-refractivity contribution in [3.63, 3.8) is 0 Å². The normalized spacial score (nSPS) is 11.0. The topological polar surface area (TPSA) is 29.9 Å². The molecule has 0 radical (unpaired) electrons. The summed E-state index contributed by atoms with van der Waals surface area (Å²) >= 11 is 0. The van der Waals surface area contributed by atoms with Gasteiger partial charge in [-0.1, -0.05) is 0 Å². The van der Waals surface area contributed by atoms with Crippen molar-refractivity contribution in [2.45, 2.75) is 19.9 Å². The van der Waals surface area contributed by atoms with E-state index in [0.29, 0.717) is 12.0 Å². The van der Waals surface area contributed by atoms with Crippen LogP contribution in [0.5, 0.6) is 0 Å². The summed E-state index contributed by atoms with van der Waals surface area (Å²) in [6.07, 6.45) is 2.86. The van der Waals surface area contributed by atoms with E-state index in [1.54, 1.807) is 0 Å². The van der Waals surface area contributed by atoms with E-state index in [9.17, 15) is 13.2 Å². The predicted octanol–water partition coefficient (Wildman–Crippen LogP) is 3.11. The third-order valence-electron chi connectivity index (χ3n) is 2.29. The summed E-state index contributed by atoms with van der Waals surface area (Å²) < 4.78 is 41.2. The third kappa shape index (κ3) is 2.32. The summed E-state index contributed by atoms with van der Waals surface area (Å²) in [5, 5.41) is 2.96. The molecule has 0 atom stereocenters. The lowest BCUT2D eigenvalue weighted by molar-refractivity contribution is 0.490. The van der Waals surface area contributed by atoms with Gasteiger partial charge in [-0.2, -0.15) is 0 Å². The number of aromatic nitrogens is 2. The fraction of sp³-hybridized carbons (Fsp3) is 0.250. The highest BCUT2D eigenvalue weighted by molar-refractivity contribution is 5.43. The van der Waals surface area contributed by atoms with Gasteiger partial charge in [-0.3, -0.25) is 4.57 Å². The van der Waals surface area contributed by atoms with Crippen molar-refractivity contribution in [3.8, 4) is 5.69 Å². The number of halogens is 3. The molecule has 0 bridgehead atoms. The van der Waals surface area contributed by atoms with Gasteiger partial charge < -0.3 is 5.32 Å². The van der Waals surface area contributed by atoms with E-state index in [0.717, 1.165) is 6.07 Å². The molecule has 1 aromatic heterocycles. The zero-order valence-corrected chi connectivity index (χ0v) is 9.92. The lowest BCUT2D eigenvalue weighted by Gasteiger charge is -2.13. The Bertz CT molecular complexity index is 564. The lowest BCUT2D eigenvalue weighted by Crippen LogP contribution is -2.14. The van der Waals surface area contributed by atoms with Crippen molar-refractivity contribution in [3.05, 3.63) is 42.0 Å². The summed E-state index contributed by atoms with van der Waals surface area (Å²) in [6, 6.07) is 1.49. The van der Waals surface area contributed by atoms with Gasteiger partial charge in [0.2, 0.25) is 5.95 Å². The molecule has 1 heterocycles. The summed E-state index contributed by atoms with van der Waals surface area (Å²) in [7, 11) is 0. The van der Waals surface area contributed by atoms with Crippen LogP contribution in [0, 0.1) is 17.5 Å². The molecule has 2 aromatic rings. The number of benzene rings is 1. The van der Waals surface area contributed by atoms with Gasteiger partial charge in [-0.05, 0) is 13.8 Å². The Labute approximate surface area is 102 Å². The Kier molecular flexibility index (Phi) is 3.27. The average molecular weight is 255 g/mol. The standard InChI is InChI=1S/C12H12F3N3/c1-7(2)17-12-16-3-4-18(12)10-6-8(13)5-9(14)11(10)15/h3-7H,1-2H3,(H,16,17). The van der Waals surface area contributed by atoms with Crippen LogP contribution in [0.1, 0.15) is 13.8 Å². The maximum absolute atomic E-state index is 13.6. The van der Waals surface area contributed by atoms with Gasteiger partial charge in [0.05, 0.1) is 5.69 Å². The molecule has 6 heteroatoms. The molecule has 0 amide bonds. The number of imidazole rings is 1. The molecule has 2 rings (SSSR count). The van der Waals surface area contributed by atoms with Crippen molar-refractivity contribution in [2.75, 3.05) is 5.32 Å². The Morgan fingerprint density at radius 1 is 1.22 bits per heavy atom. The maximum atomic E-state index is 13.6. The largest absolute Gasteiger partial charge is 0.353 e. The highest BCUT2D eigenvalue weighted by Gasteiger charge is 2.15. The molecular weight excluding hydrogens is 243 g/mol. The number of nitrogens with one attached hydrogen (secondary N) is 1. The highest BCUT2D eigenvalue weighted by Crippen LogP contribution is 2.21. The minimum absolute atomic E-state index is 0.0626. The van der Waals surface area contributed by atoms with Crippen molar-refractivity contribution >= 4 is 5.95 Å². The van der Waals surface area contributed by atoms with Crippen LogP contribution in [0.25, 0.3) is 5.69 Å². The number of hydrogen-bond donors (Lipinski definition) is 1. The third-order valence-corrected chi connectivity index (χ3v) is 2.29. The quantitative estimate of drug-likeness (QED) is 0.854. The SMILES string of the molecule is CC(C)Nc1nccn1-c1cc(F)cc(F)c1F. The fourth-order valence-corrected chi connectivity index (χ4v) is 1.58. The van der Waals surface area contributed by atoms with Crippen LogP contribution in [-0.4, -0.2) is 15.6 Å². The maximum Gasteiger partial charge on any atom is 0.207 e. The second-order valence-corrected chi connectivity index (χ2v) is 4.14. The molecular formula is C12H12F3N3. The van der Waals surface area contributed by atoms with Gasteiger partial charge in [-0.15, -0.1) is 0 Å². The minimum atomic E-state index is -1.23. The number of nitrogens with zero attached hydrogens (tertiary/aromatic N) is 2. The Morgan fingerprint density at radius 3 is 2.61 bits per heavy atom. The summed E-state index contributed by atoms with van der Waals surface area (Å²) in [6.45, 7) is 3.75. The van der Waals surface area contributed by atoms with Crippen LogP contribution < -0.4 is 5.32 Å². The average Bonchev–Trinajstić information content (AvgIpc) is 2.70. The van der Waals surface area contributed by atoms with E-state index in [1.807, 2.05) is 13.8 Å². The predicted molar refractivity (Wildman–Crippen MR) is 62.2 cm³/mol. The monoisotopic (exact) mass is 255 g/mol. The molecule has 0 spiro atoms. The van der Waals surface area contributed by atoms with Crippen molar-refractivity contribution in [1.29, 1.82) is 0 Å². The van der Waals surface area contributed by atoms with E-state index in [4.69, 9.17) is 0 Å². The van der Waals surface area contributed by atoms with Crippen molar-refractivity contribution < 1.29 is 13.2 Å². The van der Waals surface area contributed by atoms with Gasteiger partial charge in [0, 0.05) is 30.6 Å². The van der Waals surface area contributed by atoms with Crippen LogP contribution >= 0.6 is 0 Å². The fourth-order valence-electron chi connectivity index (χ4n) is 1.58.